The standard InChI is InChI=1S/C29H47N5O7/c1-8-10-19(23(37)26(39)30-13-9-2)31-25(38)20-14-18(35)15-34(20)27(40)24(29(5,6)7)33-28(41)32-21(16(3)4)22(36)17-11-12-17/h9,16-21,24,35H,2,8,10-15H2,1,3-7H3,(H,30,39)(H,31,38)(H2,32,33,41)/t18?,19?,20-,21-,24+/m0/s1. The molecule has 5 atom stereocenters. The van der Waals surface area contributed by atoms with E-state index in [0.717, 1.165) is 12.8 Å². The van der Waals surface area contributed by atoms with Crippen molar-refractivity contribution in [3.05, 3.63) is 12.7 Å². The molecule has 5 amide bonds. The van der Waals surface area contributed by atoms with Crippen molar-refractivity contribution in [3.63, 3.8) is 0 Å². The van der Waals surface area contributed by atoms with Crippen molar-refractivity contribution in [1.82, 2.24) is 26.2 Å². The first kappa shape index (κ1) is 33.9. The van der Waals surface area contributed by atoms with Gasteiger partial charge >= 0.3 is 6.03 Å². The van der Waals surface area contributed by atoms with Crippen molar-refractivity contribution >= 4 is 35.3 Å². The van der Waals surface area contributed by atoms with E-state index in [1.54, 1.807) is 27.7 Å². The zero-order chi connectivity index (χ0) is 31.1. The van der Waals surface area contributed by atoms with Crippen LogP contribution in [0.4, 0.5) is 4.79 Å². The molecule has 1 aliphatic carbocycles. The van der Waals surface area contributed by atoms with Gasteiger partial charge in [-0.2, -0.15) is 0 Å². The number of aliphatic hydroxyl groups is 1. The van der Waals surface area contributed by atoms with Gasteiger partial charge in [-0.3, -0.25) is 24.0 Å². The summed E-state index contributed by atoms with van der Waals surface area (Å²) < 4.78 is 0. The molecule has 1 aliphatic heterocycles. The average Bonchev–Trinajstić information content (AvgIpc) is 3.67. The first-order chi connectivity index (χ1) is 19.1. The van der Waals surface area contributed by atoms with E-state index >= 15 is 0 Å². The van der Waals surface area contributed by atoms with E-state index in [2.05, 4.69) is 27.8 Å². The van der Waals surface area contributed by atoms with Gasteiger partial charge in [-0.05, 0) is 30.6 Å². The summed E-state index contributed by atoms with van der Waals surface area (Å²) in [6.07, 6.45) is 2.68. The molecule has 0 radical (unpaired) electrons. The highest BCUT2D eigenvalue weighted by Gasteiger charge is 2.46. The van der Waals surface area contributed by atoms with Gasteiger partial charge in [0.15, 0.2) is 5.78 Å². The number of nitrogens with one attached hydrogen (secondary N) is 4. The number of aliphatic hydroxyl groups excluding tert-OH is 1. The SMILES string of the molecule is C=CCNC(=O)C(=O)C(CCC)NC(=O)[C@@H]1CC(O)CN1C(=O)[C@@H](NC(=O)N[C@H](C(=O)C1CC1)C(C)C)C(C)(C)C. The molecule has 0 aromatic heterocycles. The van der Waals surface area contributed by atoms with E-state index < -0.39 is 65.2 Å². The molecule has 1 saturated heterocycles. The Morgan fingerprint density at radius 2 is 1.68 bits per heavy atom. The molecule has 0 aromatic rings. The second kappa shape index (κ2) is 14.6. The molecule has 5 N–H and O–H groups in total. The van der Waals surface area contributed by atoms with Gasteiger partial charge in [0.05, 0.1) is 18.2 Å². The summed E-state index contributed by atoms with van der Waals surface area (Å²) in [6, 6.07) is -4.68. The van der Waals surface area contributed by atoms with Crippen LogP contribution in [0.2, 0.25) is 0 Å². The van der Waals surface area contributed by atoms with E-state index in [1.807, 2.05) is 13.8 Å². The predicted molar refractivity (Wildman–Crippen MR) is 152 cm³/mol. The molecule has 2 fully saturated rings. The summed E-state index contributed by atoms with van der Waals surface area (Å²) in [6.45, 7) is 14.2. The van der Waals surface area contributed by atoms with Crippen molar-refractivity contribution in [2.24, 2.45) is 17.3 Å². The van der Waals surface area contributed by atoms with Gasteiger partial charge in [0.25, 0.3) is 5.91 Å². The number of likely N-dealkylation sites (tertiary alicyclic amines) is 1. The average molecular weight is 578 g/mol. The Morgan fingerprint density at radius 1 is 1.05 bits per heavy atom. The zero-order valence-corrected chi connectivity index (χ0v) is 25.1. The number of hydrogen-bond acceptors (Lipinski definition) is 7. The Balaban J connectivity index is 2.20. The highest BCUT2D eigenvalue weighted by molar-refractivity contribution is 6.38. The highest BCUT2D eigenvalue weighted by atomic mass is 16.3. The number of β-amino-alcohol motifs (C(OH)–C–C–N with tert-alkyl or cyclic N) is 1. The van der Waals surface area contributed by atoms with E-state index in [0.29, 0.717) is 6.42 Å². The molecule has 1 saturated carbocycles. The molecule has 2 rings (SSSR count). The van der Waals surface area contributed by atoms with Crippen LogP contribution in [0.1, 0.15) is 73.6 Å². The molecule has 2 aliphatic rings. The minimum atomic E-state index is -1.12. The molecule has 0 bridgehead atoms. The number of amides is 5. The lowest BCUT2D eigenvalue weighted by Crippen LogP contribution is -2.61. The molecular weight excluding hydrogens is 530 g/mol. The summed E-state index contributed by atoms with van der Waals surface area (Å²) >= 11 is 0. The monoisotopic (exact) mass is 577 g/mol. The summed E-state index contributed by atoms with van der Waals surface area (Å²) in [5.41, 5.74) is -0.791. The molecule has 12 heteroatoms. The second-order valence-corrected chi connectivity index (χ2v) is 12.4. The number of nitrogens with zero attached hydrogens (tertiary/aromatic N) is 1. The van der Waals surface area contributed by atoms with Crippen molar-refractivity contribution in [3.8, 4) is 0 Å². The van der Waals surface area contributed by atoms with Crippen LogP contribution in [0.3, 0.4) is 0 Å². The quantitative estimate of drug-likeness (QED) is 0.150. The van der Waals surface area contributed by atoms with Crippen molar-refractivity contribution in [1.29, 1.82) is 0 Å². The first-order valence-electron chi connectivity index (χ1n) is 14.4. The Kier molecular flexibility index (Phi) is 12.0. The lowest BCUT2D eigenvalue weighted by molar-refractivity contribution is -0.143. The number of Topliss-reactive ketones (excluding diaryl/α,β-unsaturated/α-hetero) is 2. The van der Waals surface area contributed by atoms with Crippen LogP contribution in [0.5, 0.6) is 0 Å². The van der Waals surface area contributed by atoms with Gasteiger partial charge in [-0.25, -0.2) is 4.79 Å². The molecule has 41 heavy (non-hydrogen) atoms. The van der Waals surface area contributed by atoms with Crippen molar-refractivity contribution < 1.29 is 33.9 Å². The largest absolute Gasteiger partial charge is 0.391 e. The lowest BCUT2D eigenvalue weighted by atomic mass is 9.85. The number of carbonyl (C=O) groups is 6. The van der Waals surface area contributed by atoms with Crippen LogP contribution in [0.15, 0.2) is 12.7 Å². The highest BCUT2D eigenvalue weighted by Crippen LogP contribution is 2.32. The maximum atomic E-state index is 13.8. The van der Waals surface area contributed by atoms with Crippen LogP contribution >= 0.6 is 0 Å². The third-order valence-corrected chi connectivity index (χ3v) is 7.33. The Labute approximate surface area is 242 Å². The number of hydrogen-bond donors (Lipinski definition) is 5. The Hall–Kier alpha value is -3.28. The fraction of sp³-hybridized carbons (Fsp3) is 0.724. The van der Waals surface area contributed by atoms with Crippen molar-refractivity contribution in [2.45, 2.75) is 104 Å². The number of carbonyl (C=O) groups excluding carboxylic acids is 6. The van der Waals surface area contributed by atoms with Gasteiger partial charge in [0.1, 0.15) is 12.1 Å². The lowest BCUT2D eigenvalue weighted by Gasteiger charge is -2.36. The van der Waals surface area contributed by atoms with Crippen LogP contribution in [-0.2, 0) is 24.0 Å². The van der Waals surface area contributed by atoms with E-state index in [9.17, 15) is 33.9 Å². The van der Waals surface area contributed by atoms with Gasteiger partial charge in [-0.1, -0.05) is 54.0 Å². The van der Waals surface area contributed by atoms with Crippen LogP contribution in [0, 0.1) is 17.3 Å². The fourth-order valence-corrected chi connectivity index (χ4v) is 4.86. The van der Waals surface area contributed by atoms with Gasteiger partial charge in [0, 0.05) is 25.4 Å². The van der Waals surface area contributed by atoms with Crippen LogP contribution in [0.25, 0.3) is 0 Å². The van der Waals surface area contributed by atoms with E-state index in [4.69, 9.17) is 0 Å². The van der Waals surface area contributed by atoms with Crippen LogP contribution < -0.4 is 21.3 Å². The van der Waals surface area contributed by atoms with Crippen LogP contribution in [-0.4, -0.2) is 88.7 Å². The van der Waals surface area contributed by atoms with Gasteiger partial charge in [0.2, 0.25) is 17.6 Å². The molecule has 0 aromatic carbocycles. The predicted octanol–water partition coefficient (Wildman–Crippen LogP) is 0.822. The smallest absolute Gasteiger partial charge is 0.316 e. The molecule has 12 nitrogen and oxygen atoms in total. The maximum Gasteiger partial charge on any atom is 0.316 e. The molecule has 2 unspecified atom stereocenters. The summed E-state index contributed by atoms with van der Waals surface area (Å²) in [5.74, 6) is -3.15. The van der Waals surface area contributed by atoms with E-state index in [1.165, 1.54) is 11.0 Å². The Bertz CT molecular complexity index is 1020. The topological polar surface area (TPSA) is 174 Å². The second-order valence-electron chi connectivity index (χ2n) is 12.4. The fourth-order valence-electron chi connectivity index (χ4n) is 4.86. The molecule has 1 heterocycles. The maximum absolute atomic E-state index is 13.8. The molecule has 230 valence electrons. The minimum Gasteiger partial charge on any atom is -0.391 e. The first-order valence-corrected chi connectivity index (χ1v) is 14.4. The van der Waals surface area contributed by atoms with Gasteiger partial charge in [-0.15, -0.1) is 6.58 Å². The normalized spacial score (nSPS) is 20.9. The minimum absolute atomic E-state index is 0.0254. The Morgan fingerprint density at radius 3 is 2.20 bits per heavy atom. The summed E-state index contributed by atoms with van der Waals surface area (Å²) in [7, 11) is 0. The number of urea groups is 1. The number of ketones is 2. The van der Waals surface area contributed by atoms with Crippen molar-refractivity contribution in [2.75, 3.05) is 13.1 Å². The third kappa shape index (κ3) is 9.37. The number of rotatable bonds is 14. The summed E-state index contributed by atoms with van der Waals surface area (Å²) in [4.78, 5) is 79.0. The zero-order valence-electron chi connectivity index (χ0n) is 25.1. The molecular formula is C29H47N5O7. The van der Waals surface area contributed by atoms with Gasteiger partial charge < -0.3 is 31.3 Å². The third-order valence-electron chi connectivity index (χ3n) is 7.33. The summed E-state index contributed by atoms with van der Waals surface area (Å²) in [5, 5.41) is 20.8. The molecule has 0 spiro atoms. The van der Waals surface area contributed by atoms with E-state index in [-0.39, 0.29) is 43.6 Å².